The Morgan fingerprint density at radius 3 is 2.53 bits per heavy atom. The number of aromatic nitrogens is 1. The molecule has 0 bridgehead atoms. The number of benzene rings is 1. The van der Waals surface area contributed by atoms with Crippen LogP contribution in [0.15, 0.2) is 30.5 Å². The first-order valence-electron chi connectivity index (χ1n) is 6.47. The molecule has 1 heterocycles. The molecule has 2 rings (SSSR count). The third-order valence-electron chi connectivity index (χ3n) is 3.84. The van der Waals surface area contributed by atoms with Crippen molar-refractivity contribution in [1.82, 2.24) is 4.98 Å². The van der Waals surface area contributed by atoms with E-state index in [2.05, 4.69) is 38.8 Å². The van der Waals surface area contributed by atoms with Crippen molar-refractivity contribution >= 4 is 19.2 Å². The highest BCUT2D eigenvalue weighted by atomic mass is 28.4. The van der Waals surface area contributed by atoms with Crippen LogP contribution in [-0.2, 0) is 0 Å². The zero-order chi connectivity index (χ0) is 14.3. The summed E-state index contributed by atoms with van der Waals surface area (Å²) in [6, 6.07) is 7.34. The summed E-state index contributed by atoms with van der Waals surface area (Å²) < 4.78 is 6.21. The first-order valence-corrected chi connectivity index (χ1v) is 9.38. The predicted molar refractivity (Wildman–Crippen MR) is 81.2 cm³/mol. The van der Waals surface area contributed by atoms with Crippen LogP contribution in [0.3, 0.4) is 0 Å². The molecule has 0 aliphatic heterocycles. The number of phenolic OH excluding ortho intramolecular Hbond substituents is 1. The molecule has 0 amide bonds. The molecule has 0 fully saturated rings. The Balaban J connectivity index is 2.38. The van der Waals surface area contributed by atoms with Gasteiger partial charge in [0.25, 0.3) is 8.32 Å². The van der Waals surface area contributed by atoms with Gasteiger partial charge in [-0.05, 0) is 30.3 Å². The van der Waals surface area contributed by atoms with Gasteiger partial charge in [-0.3, -0.25) is 0 Å². The highest BCUT2D eigenvalue weighted by Gasteiger charge is 2.39. The van der Waals surface area contributed by atoms with Crippen LogP contribution in [0.4, 0.5) is 0 Å². The van der Waals surface area contributed by atoms with E-state index in [9.17, 15) is 5.11 Å². The number of phenols is 1. The SMILES string of the molecule is CC(C)(C)[Si](C)(C)Oc1cnc2c(O)cccc2c1. The van der Waals surface area contributed by atoms with E-state index in [0.29, 0.717) is 5.52 Å². The minimum atomic E-state index is -1.85. The molecule has 0 radical (unpaired) electrons. The van der Waals surface area contributed by atoms with Gasteiger partial charge in [-0.15, -0.1) is 0 Å². The molecule has 1 aromatic heterocycles. The van der Waals surface area contributed by atoms with Crippen molar-refractivity contribution in [1.29, 1.82) is 0 Å². The molecular weight excluding hydrogens is 254 g/mol. The molecule has 0 saturated carbocycles. The van der Waals surface area contributed by atoms with Gasteiger partial charge in [0.2, 0.25) is 0 Å². The van der Waals surface area contributed by atoms with Gasteiger partial charge in [0.05, 0.1) is 6.20 Å². The maximum absolute atomic E-state index is 9.73. The number of nitrogens with zero attached hydrogens (tertiary/aromatic N) is 1. The number of para-hydroxylation sites is 1. The molecule has 0 unspecified atom stereocenters. The fourth-order valence-corrected chi connectivity index (χ4v) is 2.64. The quantitative estimate of drug-likeness (QED) is 0.830. The molecule has 0 aliphatic rings. The molecule has 3 nitrogen and oxygen atoms in total. The second-order valence-corrected chi connectivity index (χ2v) is 11.1. The van der Waals surface area contributed by atoms with Gasteiger partial charge in [-0.2, -0.15) is 0 Å². The highest BCUT2D eigenvalue weighted by molar-refractivity contribution is 6.74. The smallest absolute Gasteiger partial charge is 0.250 e. The molecular formula is C15H21NO2Si. The first kappa shape index (κ1) is 13.9. The van der Waals surface area contributed by atoms with Crippen molar-refractivity contribution < 1.29 is 9.53 Å². The molecule has 4 heteroatoms. The van der Waals surface area contributed by atoms with Crippen molar-refractivity contribution in [2.75, 3.05) is 0 Å². The second-order valence-electron chi connectivity index (χ2n) is 6.38. The lowest BCUT2D eigenvalue weighted by atomic mass is 10.2. The van der Waals surface area contributed by atoms with E-state index in [0.717, 1.165) is 11.1 Å². The molecule has 19 heavy (non-hydrogen) atoms. The van der Waals surface area contributed by atoms with Crippen LogP contribution < -0.4 is 4.43 Å². The molecule has 0 saturated heterocycles. The minimum absolute atomic E-state index is 0.154. The fourth-order valence-electron chi connectivity index (χ4n) is 1.63. The van der Waals surface area contributed by atoms with Crippen molar-refractivity contribution in [3.8, 4) is 11.5 Å². The summed E-state index contributed by atoms with van der Waals surface area (Å²) in [5.74, 6) is 0.987. The van der Waals surface area contributed by atoms with E-state index in [1.807, 2.05) is 18.2 Å². The van der Waals surface area contributed by atoms with Gasteiger partial charge in [0.1, 0.15) is 17.0 Å². The maximum Gasteiger partial charge on any atom is 0.250 e. The normalized spacial score (nSPS) is 12.7. The lowest BCUT2D eigenvalue weighted by molar-refractivity contribution is 0.479. The topological polar surface area (TPSA) is 42.4 Å². The van der Waals surface area contributed by atoms with Crippen molar-refractivity contribution in [3.05, 3.63) is 30.5 Å². The highest BCUT2D eigenvalue weighted by Crippen LogP contribution is 2.37. The van der Waals surface area contributed by atoms with Crippen LogP contribution in [0.1, 0.15) is 20.8 Å². The molecule has 102 valence electrons. The zero-order valence-corrected chi connectivity index (χ0v) is 13.2. The second kappa shape index (κ2) is 4.53. The molecule has 1 N–H and O–H groups in total. The summed E-state index contributed by atoms with van der Waals surface area (Å²) in [4.78, 5) is 4.29. The van der Waals surface area contributed by atoms with Gasteiger partial charge < -0.3 is 9.53 Å². The Kier molecular flexibility index (Phi) is 3.30. The molecule has 0 spiro atoms. The van der Waals surface area contributed by atoms with Crippen LogP contribution >= 0.6 is 0 Å². The van der Waals surface area contributed by atoms with Gasteiger partial charge in [0, 0.05) is 5.39 Å². The van der Waals surface area contributed by atoms with Crippen molar-refractivity contribution in [2.24, 2.45) is 0 Å². The average Bonchev–Trinajstić information content (AvgIpc) is 2.27. The first-order chi connectivity index (χ1) is 8.71. The zero-order valence-electron chi connectivity index (χ0n) is 12.2. The Labute approximate surface area is 115 Å². The Bertz CT molecular complexity index is 603. The van der Waals surface area contributed by atoms with Gasteiger partial charge in [-0.25, -0.2) is 4.98 Å². The Morgan fingerprint density at radius 2 is 1.89 bits per heavy atom. The number of fused-ring (bicyclic) bond motifs is 1. The van der Waals surface area contributed by atoms with E-state index in [1.165, 1.54) is 0 Å². The summed E-state index contributed by atoms with van der Waals surface area (Å²) >= 11 is 0. The third-order valence-corrected chi connectivity index (χ3v) is 8.20. The monoisotopic (exact) mass is 275 g/mol. The van der Waals surface area contributed by atoms with E-state index >= 15 is 0 Å². The van der Waals surface area contributed by atoms with Gasteiger partial charge in [0.15, 0.2) is 0 Å². The van der Waals surface area contributed by atoms with Crippen LogP contribution in [0.2, 0.25) is 18.1 Å². The van der Waals surface area contributed by atoms with E-state index < -0.39 is 8.32 Å². The lowest BCUT2D eigenvalue weighted by Gasteiger charge is -2.36. The minimum Gasteiger partial charge on any atom is -0.542 e. The molecule has 0 atom stereocenters. The number of hydrogen-bond donors (Lipinski definition) is 1. The maximum atomic E-state index is 9.73. The standard InChI is InChI=1S/C15H21NO2Si/c1-15(2,3)19(4,5)18-12-9-11-7-6-8-13(17)14(11)16-10-12/h6-10,17H,1-5H3. The van der Waals surface area contributed by atoms with E-state index in [4.69, 9.17) is 4.43 Å². The lowest BCUT2D eigenvalue weighted by Crippen LogP contribution is -2.43. The fraction of sp³-hybridized carbons (Fsp3) is 0.400. The van der Waals surface area contributed by atoms with Crippen LogP contribution in [0.5, 0.6) is 11.5 Å². The Morgan fingerprint density at radius 1 is 1.21 bits per heavy atom. The molecule has 2 aromatic rings. The number of aromatic hydroxyl groups is 1. The van der Waals surface area contributed by atoms with Crippen molar-refractivity contribution in [3.63, 3.8) is 0 Å². The largest absolute Gasteiger partial charge is 0.542 e. The summed E-state index contributed by atoms with van der Waals surface area (Å²) in [5, 5.41) is 10.8. The third kappa shape index (κ3) is 2.73. The summed E-state index contributed by atoms with van der Waals surface area (Å²) in [7, 11) is -1.85. The van der Waals surface area contributed by atoms with Crippen LogP contribution in [-0.4, -0.2) is 18.4 Å². The van der Waals surface area contributed by atoms with Gasteiger partial charge >= 0.3 is 0 Å². The summed E-state index contributed by atoms with van der Waals surface area (Å²) in [5.41, 5.74) is 0.616. The molecule has 0 aliphatic carbocycles. The number of pyridine rings is 1. The number of hydrogen-bond acceptors (Lipinski definition) is 3. The average molecular weight is 275 g/mol. The van der Waals surface area contributed by atoms with E-state index in [-0.39, 0.29) is 10.8 Å². The Hall–Kier alpha value is -1.55. The molecule has 1 aromatic carbocycles. The predicted octanol–water partition coefficient (Wildman–Crippen LogP) is 4.32. The number of rotatable bonds is 2. The van der Waals surface area contributed by atoms with Crippen LogP contribution in [0.25, 0.3) is 10.9 Å². The summed E-state index contributed by atoms with van der Waals surface area (Å²) in [6.45, 7) is 11.0. The van der Waals surface area contributed by atoms with E-state index in [1.54, 1.807) is 12.3 Å². The van der Waals surface area contributed by atoms with Crippen LogP contribution in [0, 0.1) is 0 Å². The van der Waals surface area contributed by atoms with Gasteiger partial charge in [-0.1, -0.05) is 32.9 Å². The van der Waals surface area contributed by atoms with Crippen molar-refractivity contribution in [2.45, 2.75) is 38.9 Å². The summed E-state index contributed by atoms with van der Waals surface area (Å²) in [6.07, 6.45) is 1.70.